The van der Waals surface area contributed by atoms with E-state index in [2.05, 4.69) is 206 Å². The van der Waals surface area contributed by atoms with Gasteiger partial charge in [0, 0.05) is 38.4 Å². The van der Waals surface area contributed by atoms with E-state index >= 15 is 0 Å². The van der Waals surface area contributed by atoms with Gasteiger partial charge in [-0.25, -0.2) is 9.97 Å². The standard InChI is InChI=1S/C62H38N2O/c1-3-15-39(16-4-1)43-19-13-20-45(35-43)59-38-58(63-62(64-59)42-17-5-2-6-18-42)41-31-29-40(30-32-41)46-27-14-28-54-57-37-55(51-25-11-12-26-53(51)61(57)65-60(46)54)44-33-34-52-49-23-8-7-21-47(49)48-22-9-10-24-50(48)56(52)36-44/h1-38H. The second-order valence-electron chi connectivity index (χ2n) is 16.8. The Balaban J connectivity index is 0.924. The second-order valence-corrected chi connectivity index (χ2v) is 16.8. The van der Waals surface area contributed by atoms with Crippen LogP contribution in [0.15, 0.2) is 235 Å². The van der Waals surface area contributed by atoms with E-state index < -0.39 is 0 Å². The number of rotatable bonds is 6. The van der Waals surface area contributed by atoms with Crippen LogP contribution in [0.1, 0.15) is 0 Å². The van der Waals surface area contributed by atoms with Crippen LogP contribution >= 0.6 is 0 Å². The van der Waals surface area contributed by atoms with Gasteiger partial charge in [-0.2, -0.15) is 0 Å². The summed E-state index contributed by atoms with van der Waals surface area (Å²) in [6, 6.07) is 82.1. The van der Waals surface area contributed by atoms with Gasteiger partial charge in [0.15, 0.2) is 5.82 Å². The second kappa shape index (κ2) is 15.0. The number of hydrogen-bond acceptors (Lipinski definition) is 3. The number of furan rings is 1. The number of nitrogens with zero attached hydrogens (tertiary/aromatic N) is 2. The summed E-state index contributed by atoms with van der Waals surface area (Å²) in [5.74, 6) is 0.691. The monoisotopic (exact) mass is 826 g/mol. The van der Waals surface area contributed by atoms with Gasteiger partial charge in [0.25, 0.3) is 0 Å². The normalized spacial score (nSPS) is 11.7. The molecule has 0 spiro atoms. The lowest BCUT2D eigenvalue weighted by Crippen LogP contribution is -1.96. The van der Waals surface area contributed by atoms with Crippen LogP contribution in [0.3, 0.4) is 0 Å². The lowest BCUT2D eigenvalue weighted by atomic mass is 9.90. The molecule has 302 valence electrons. The van der Waals surface area contributed by atoms with Crippen LogP contribution in [0.4, 0.5) is 0 Å². The number of aromatic nitrogens is 2. The Kier molecular flexibility index (Phi) is 8.53. The molecule has 2 aromatic heterocycles. The molecule has 0 fully saturated rings. The van der Waals surface area contributed by atoms with Crippen LogP contribution in [-0.2, 0) is 0 Å². The molecule has 0 amide bonds. The van der Waals surface area contributed by atoms with Crippen molar-refractivity contribution in [1.29, 1.82) is 0 Å². The minimum Gasteiger partial charge on any atom is -0.455 e. The SMILES string of the molecule is c1ccc(-c2cccc(-c3cc(-c4ccc(-c5cccc6c5oc5c7ccccc7c(-c7ccc8c9ccccc9c9ccccc9c8c7)cc65)cc4)nc(-c4ccccc4)n3)c2)cc1. The minimum atomic E-state index is 0.691. The summed E-state index contributed by atoms with van der Waals surface area (Å²) >= 11 is 0. The van der Waals surface area contributed by atoms with Crippen molar-refractivity contribution in [1.82, 2.24) is 9.97 Å². The first-order chi connectivity index (χ1) is 32.2. The fraction of sp³-hybridized carbons (Fsp3) is 0. The van der Waals surface area contributed by atoms with Gasteiger partial charge in [-0.15, -0.1) is 0 Å². The van der Waals surface area contributed by atoms with Crippen molar-refractivity contribution >= 4 is 65.0 Å². The van der Waals surface area contributed by atoms with E-state index in [9.17, 15) is 0 Å². The smallest absolute Gasteiger partial charge is 0.160 e. The van der Waals surface area contributed by atoms with Crippen molar-refractivity contribution in [3.05, 3.63) is 231 Å². The van der Waals surface area contributed by atoms with Gasteiger partial charge in [0.05, 0.1) is 11.4 Å². The van der Waals surface area contributed by atoms with Crippen LogP contribution in [0.5, 0.6) is 0 Å². The third kappa shape index (κ3) is 6.20. The fourth-order valence-electron chi connectivity index (χ4n) is 9.93. The van der Waals surface area contributed by atoms with Gasteiger partial charge in [0.2, 0.25) is 0 Å². The Morgan fingerprint density at radius 1 is 0.231 bits per heavy atom. The molecule has 0 bridgehead atoms. The van der Waals surface area contributed by atoms with E-state index in [4.69, 9.17) is 14.4 Å². The Morgan fingerprint density at radius 2 is 0.723 bits per heavy atom. The fourth-order valence-corrected chi connectivity index (χ4v) is 9.93. The molecule has 0 aliphatic carbocycles. The zero-order valence-corrected chi connectivity index (χ0v) is 35.2. The van der Waals surface area contributed by atoms with Gasteiger partial charge in [-0.1, -0.05) is 206 Å². The highest BCUT2D eigenvalue weighted by atomic mass is 16.3. The molecule has 0 atom stereocenters. The van der Waals surface area contributed by atoms with Crippen molar-refractivity contribution in [2.24, 2.45) is 0 Å². The molecule has 0 N–H and O–H groups in total. The third-order valence-electron chi connectivity index (χ3n) is 13.1. The first-order valence-corrected chi connectivity index (χ1v) is 22.1. The lowest BCUT2D eigenvalue weighted by molar-refractivity contribution is 0.674. The molecule has 11 aromatic carbocycles. The number of para-hydroxylation sites is 1. The van der Waals surface area contributed by atoms with Gasteiger partial charge in [0.1, 0.15) is 11.2 Å². The van der Waals surface area contributed by atoms with Crippen LogP contribution in [0.25, 0.3) is 132 Å². The summed E-state index contributed by atoms with van der Waals surface area (Å²) in [5, 5.41) is 12.1. The summed E-state index contributed by atoms with van der Waals surface area (Å²) in [7, 11) is 0. The van der Waals surface area contributed by atoms with Crippen molar-refractivity contribution in [3.63, 3.8) is 0 Å². The largest absolute Gasteiger partial charge is 0.455 e. The number of hydrogen-bond donors (Lipinski definition) is 0. The van der Waals surface area contributed by atoms with E-state index in [0.29, 0.717) is 5.82 Å². The molecule has 2 heterocycles. The Bertz CT molecular complexity index is 3950. The summed E-state index contributed by atoms with van der Waals surface area (Å²) in [6.45, 7) is 0. The zero-order chi connectivity index (χ0) is 42.8. The molecule has 0 saturated heterocycles. The Morgan fingerprint density at radius 3 is 1.43 bits per heavy atom. The van der Waals surface area contributed by atoms with E-state index in [-0.39, 0.29) is 0 Å². The summed E-state index contributed by atoms with van der Waals surface area (Å²) < 4.78 is 6.98. The molecule has 3 heteroatoms. The molecule has 3 nitrogen and oxygen atoms in total. The topological polar surface area (TPSA) is 38.9 Å². The molecule has 0 unspecified atom stereocenters. The maximum Gasteiger partial charge on any atom is 0.160 e. The third-order valence-corrected chi connectivity index (χ3v) is 13.1. The van der Waals surface area contributed by atoms with Crippen molar-refractivity contribution < 1.29 is 4.42 Å². The average Bonchev–Trinajstić information content (AvgIpc) is 3.78. The molecule has 0 saturated carbocycles. The van der Waals surface area contributed by atoms with Gasteiger partial charge in [-0.3, -0.25) is 0 Å². The molecular weight excluding hydrogens is 789 g/mol. The molecule has 65 heavy (non-hydrogen) atoms. The van der Waals surface area contributed by atoms with Gasteiger partial charge >= 0.3 is 0 Å². The van der Waals surface area contributed by atoms with Crippen LogP contribution in [0.2, 0.25) is 0 Å². The molecule has 13 aromatic rings. The maximum absolute atomic E-state index is 6.98. The van der Waals surface area contributed by atoms with E-state index in [1.807, 2.05) is 24.3 Å². The minimum absolute atomic E-state index is 0.691. The highest BCUT2D eigenvalue weighted by Gasteiger charge is 2.19. The molecule has 0 aliphatic heterocycles. The number of fused-ring (bicyclic) bond motifs is 11. The first kappa shape index (κ1) is 36.9. The lowest BCUT2D eigenvalue weighted by Gasteiger charge is -2.13. The van der Waals surface area contributed by atoms with Crippen LogP contribution < -0.4 is 0 Å². The highest BCUT2D eigenvalue weighted by molar-refractivity contribution is 6.26. The summed E-state index contributed by atoms with van der Waals surface area (Å²) in [6.07, 6.45) is 0. The Labute approximate surface area is 375 Å². The molecule has 0 aliphatic rings. The first-order valence-electron chi connectivity index (χ1n) is 22.1. The predicted molar refractivity (Wildman–Crippen MR) is 272 cm³/mol. The summed E-state index contributed by atoms with van der Waals surface area (Å²) in [5.41, 5.74) is 13.4. The van der Waals surface area contributed by atoms with E-state index in [1.54, 1.807) is 0 Å². The maximum atomic E-state index is 6.98. The van der Waals surface area contributed by atoms with Crippen LogP contribution in [0, 0.1) is 0 Å². The van der Waals surface area contributed by atoms with E-state index in [1.165, 1.54) is 54.4 Å². The van der Waals surface area contributed by atoms with E-state index in [0.717, 1.165) is 72.1 Å². The summed E-state index contributed by atoms with van der Waals surface area (Å²) in [4.78, 5) is 10.3. The average molecular weight is 827 g/mol. The van der Waals surface area contributed by atoms with Crippen molar-refractivity contribution in [2.75, 3.05) is 0 Å². The molecular formula is C62H38N2O. The predicted octanol–water partition coefficient (Wildman–Crippen LogP) is 17.0. The highest BCUT2D eigenvalue weighted by Crippen LogP contribution is 2.44. The van der Waals surface area contributed by atoms with Gasteiger partial charge < -0.3 is 4.42 Å². The van der Waals surface area contributed by atoms with Crippen molar-refractivity contribution in [3.8, 4) is 67.3 Å². The quantitative estimate of drug-likeness (QED) is 0.157. The Hall–Kier alpha value is -8.66. The molecule has 0 radical (unpaired) electrons. The van der Waals surface area contributed by atoms with Gasteiger partial charge in [-0.05, 0) is 89.8 Å². The number of benzene rings is 11. The zero-order valence-electron chi connectivity index (χ0n) is 35.2. The van der Waals surface area contributed by atoms with Crippen LogP contribution in [-0.4, -0.2) is 9.97 Å². The molecule has 13 rings (SSSR count). The van der Waals surface area contributed by atoms with Crippen molar-refractivity contribution in [2.45, 2.75) is 0 Å².